The normalized spacial score (nSPS) is 44.0. The third-order valence-corrected chi connectivity index (χ3v) is 8.90. The zero-order chi connectivity index (χ0) is 23.4. The van der Waals surface area contributed by atoms with Crippen molar-refractivity contribution in [2.45, 2.75) is 89.4 Å². The number of Topliss-reactive ketones (excluding diaryl/α,β-unsaturated/α-hetero) is 3. The molecule has 0 bridgehead atoms. The summed E-state index contributed by atoms with van der Waals surface area (Å²) in [5, 5.41) is 43.8. The van der Waals surface area contributed by atoms with Gasteiger partial charge in [0.15, 0.2) is 11.4 Å². The van der Waals surface area contributed by atoms with Gasteiger partial charge in [-0.3, -0.25) is 14.4 Å². The highest BCUT2D eigenvalue weighted by atomic mass is 16.4. The van der Waals surface area contributed by atoms with Gasteiger partial charge in [0, 0.05) is 24.7 Å². The number of aliphatic hydroxyl groups excluding tert-OH is 3. The number of hydrogen-bond donors (Lipinski definition) is 4. The van der Waals surface area contributed by atoms with Crippen LogP contribution < -0.4 is 0 Å². The maximum absolute atomic E-state index is 13.6. The minimum atomic E-state index is -2.27. The van der Waals surface area contributed by atoms with E-state index in [0.29, 0.717) is 25.2 Å². The van der Waals surface area contributed by atoms with E-state index < -0.39 is 52.7 Å². The monoisotopic (exact) mass is 448 g/mol. The Balaban J connectivity index is 1.68. The summed E-state index contributed by atoms with van der Waals surface area (Å²) in [4.78, 5) is 39.1. The van der Waals surface area contributed by atoms with E-state index in [1.54, 1.807) is 6.92 Å². The van der Waals surface area contributed by atoms with Gasteiger partial charge in [-0.2, -0.15) is 0 Å². The first kappa shape index (κ1) is 23.6. The molecular formula is C25H36O7. The zero-order valence-electron chi connectivity index (χ0n) is 19.0. The molecule has 3 saturated carbocycles. The van der Waals surface area contributed by atoms with Crippen LogP contribution >= 0.6 is 0 Å². The number of unbranched alkanes of at least 4 members (excludes halogenated alkanes) is 1. The molecule has 0 amide bonds. The average Bonchev–Trinajstić information content (AvgIpc) is 2.75. The van der Waals surface area contributed by atoms with Crippen LogP contribution in [0.4, 0.5) is 0 Å². The Morgan fingerprint density at radius 1 is 1.09 bits per heavy atom. The van der Waals surface area contributed by atoms with E-state index in [4.69, 9.17) is 0 Å². The van der Waals surface area contributed by atoms with Gasteiger partial charge in [0.2, 0.25) is 5.78 Å². The van der Waals surface area contributed by atoms with Gasteiger partial charge in [-0.15, -0.1) is 0 Å². The Labute approximate surface area is 188 Å². The molecule has 4 aliphatic rings. The molecule has 7 nitrogen and oxygen atoms in total. The van der Waals surface area contributed by atoms with Crippen LogP contribution in [0.2, 0.25) is 0 Å². The van der Waals surface area contributed by atoms with E-state index in [2.05, 4.69) is 6.92 Å². The second-order valence-electron chi connectivity index (χ2n) is 10.5. The summed E-state index contributed by atoms with van der Waals surface area (Å²) < 4.78 is 0. The first-order chi connectivity index (χ1) is 15.2. The van der Waals surface area contributed by atoms with Crippen LogP contribution in [0.5, 0.6) is 0 Å². The van der Waals surface area contributed by atoms with Crippen LogP contribution in [0, 0.1) is 35.5 Å². The maximum atomic E-state index is 13.6. The van der Waals surface area contributed by atoms with Gasteiger partial charge in [0.1, 0.15) is 23.2 Å². The predicted molar refractivity (Wildman–Crippen MR) is 115 cm³/mol. The summed E-state index contributed by atoms with van der Waals surface area (Å²) in [6, 6.07) is 0. The molecule has 7 heteroatoms. The summed E-state index contributed by atoms with van der Waals surface area (Å²) in [5.74, 6) is -4.23. The number of hydrogen-bond acceptors (Lipinski definition) is 7. The summed E-state index contributed by atoms with van der Waals surface area (Å²) in [5.41, 5.74) is -2.71. The van der Waals surface area contributed by atoms with Gasteiger partial charge in [0.05, 0.1) is 12.0 Å². The molecule has 0 aromatic carbocycles. The third kappa shape index (κ3) is 3.39. The van der Waals surface area contributed by atoms with Gasteiger partial charge in [0.25, 0.3) is 0 Å². The minimum Gasteiger partial charge on any atom is -0.511 e. The highest BCUT2D eigenvalue weighted by Gasteiger charge is 2.65. The molecule has 4 N–H and O–H groups in total. The van der Waals surface area contributed by atoms with Crippen molar-refractivity contribution >= 4 is 17.3 Å². The fourth-order valence-corrected chi connectivity index (χ4v) is 7.28. The number of ketones is 3. The summed E-state index contributed by atoms with van der Waals surface area (Å²) in [6.07, 6.45) is 3.07. The second-order valence-corrected chi connectivity index (χ2v) is 10.5. The lowest BCUT2D eigenvalue weighted by molar-refractivity contribution is -0.201. The first-order valence-corrected chi connectivity index (χ1v) is 12.3. The van der Waals surface area contributed by atoms with Crippen LogP contribution in [0.25, 0.3) is 0 Å². The molecular weight excluding hydrogens is 412 g/mol. The van der Waals surface area contributed by atoms with Crippen molar-refractivity contribution in [3.05, 3.63) is 11.3 Å². The fraction of sp³-hybridized carbons (Fsp3) is 0.800. The van der Waals surface area contributed by atoms with Gasteiger partial charge >= 0.3 is 0 Å². The standard InChI is InChI=1S/C25H36O7/c1-3-5-6-12-7-8-17(27)20-15(12)10-13-9-14-11-18(28)21(16(26)4-2)24(31)25(14,32)23(30)19(13)22(20)29/h12-15,17,19-20,23,27-28,30,32H,3-11H2,1-2H3/t12?,13-,14+,15?,17?,19?,20?,23?,25+/m1/s1. The Morgan fingerprint density at radius 2 is 1.81 bits per heavy atom. The molecule has 6 unspecified atom stereocenters. The third-order valence-electron chi connectivity index (χ3n) is 8.90. The Morgan fingerprint density at radius 3 is 2.47 bits per heavy atom. The van der Waals surface area contributed by atoms with Crippen LogP contribution in [0.1, 0.15) is 71.6 Å². The number of carbonyl (C=O) groups is 3. The molecule has 0 aliphatic heterocycles. The van der Waals surface area contributed by atoms with Crippen LogP contribution in [-0.2, 0) is 14.4 Å². The summed E-state index contributed by atoms with van der Waals surface area (Å²) in [7, 11) is 0. The quantitative estimate of drug-likeness (QED) is 0.474. The molecule has 0 spiro atoms. The van der Waals surface area contributed by atoms with Gasteiger partial charge in [-0.05, 0) is 43.4 Å². The van der Waals surface area contributed by atoms with Gasteiger partial charge in [-0.25, -0.2) is 0 Å². The van der Waals surface area contributed by atoms with Crippen LogP contribution in [0.15, 0.2) is 11.3 Å². The summed E-state index contributed by atoms with van der Waals surface area (Å²) >= 11 is 0. The predicted octanol–water partition coefficient (Wildman–Crippen LogP) is 2.26. The number of aliphatic hydroxyl groups is 4. The Hall–Kier alpha value is -1.57. The lowest BCUT2D eigenvalue weighted by Crippen LogP contribution is -2.68. The van der Waals surface area contributed by atoms with Crippen molar-refractivity contribution in [3.63, 3.8) is 0 Å². The van der Waals surface area contributed by atoms with Crippen molar-refractivity contribution < 1.29 is 34.8 Å². The minimum absolute atomic E-state index is 0.0119. The molecule has 3 fully saturated rings. The molecule has 0 radical (unpaired) electrons. The molecule has 0 heterocycles. The second kappa shape index (κ2) is 8.65. The molecule has 0 saturated heterocycles. The smallest absolute Gasteiger partial charge is 0.204 e. The molecule has 9 atom stereocenters. The molecule has 32 heavy (non-hydrogen) atoms. The number of carbonyl (C=O) groups excluding carboxylic acids is 3. The molecule has 0 aromatic rings. The maximum Gasteiger partial charge on any atom is 0.204 e. The van der Waals surface area contributed by atoms with Crippen molar-refractivity contribution in [3.8, 4) is 0 Å². The van der Waals surface area contributed by atoms with E-state index in [9.17, 15) is 34.8 Å². The van der Waals surface area contributed by atoms with Crippen molar-refractivity contribution in [2.75, 3.05) is 0 Å². The lowest BCUT2D eigenvalue weighted by atomic mass is 9.49. The number of allylic oxidation sites excluding steroid dienone is 1. The van der Waals surface area contributed by atoms with E-state index >= 15 is 0 Å². The SMILES string of the molecule is CCCCC1CCC(O)C2C(=O)C3C(O)[C@]4(O)C(=O)C(C(=O)CC)=C(O)C[C@@H]4C[C@@H]3CC12. The van der Waals surface area contributed by atoms with Crippen LogP contribution in [-0.4, -0.2) is 55.6 Å². The van der Waals surface area contributed by atoms with Crippen molar-refractivity contribution in [1.29, 1.82) is 0 Å². The average molecular weight is 449 g/mol. The zero-order valence-corrected chi connectivity index (χ0v) is 19.0. The molecule has 178 valence electrons. The van der Waals surface area contributed by atoms with E-state index in [-0.39, 0.29) is 36.2 Å². The van der Waals surface area contributed by atoms with Gasteiger partial charge < -0.3 is 20.4 Å². The van der Waals surface area contributed by atoms with Crippen molar-refractivity contribution in [1.82, 2.24) is 0 Å². The van der Waals surface area contributed by atoms with E-state index in [0.717, 1.165) is 25.7 Å². The van der Waals surface area contributed by atoms with Crippen molar-refractivity contribution in [2.24, 2.45) is 35.5 Å². The van der Waals surface area contributed by atoms with Gasteiger partial charge in [-0.1, -0.05) is 33.1 Å². The van der Waals surface area contributed by atoms with Crippen LogP contribution in [0.3, 0.4) is 0 Å². The summed E-state index contributed by atoms with van der Waals surface area (Å²) in [6.45, 7) is 3.69. The molecule has 4 rings (SSSR count). The molecule has 0 aromatic heterocycles. The number of rotatable bonds is 5. The Kier molecular flexibility index (Phi) is 6.38. The largest absolute Gasteiger partial charge is 0.511 e. The highest BCUT2D eigenvalue weighted by Crippen LogP contribution is 2.56. The highest BCUT2D eigenvalue weighted by molar-refractivity contribution is 6.24. The fourth-order valence-electron chi connectivity index (χ4n) is 7.28. The lowest BCUT2D eigenvalue weighted by Gasteiger charge is -2.56. The number of fused-ring (bicyclic) bond motifs is 3. The first-order valence-electron chi connectivity index (χ1n) is 12.3. The van der Waals surface area contributed by atoms with E-state index in [1.165, 1.54) is 0 Å². The van der Waals surface area contributed by atoms with E-state index in [1.807, 2.05) is 0 Å². The Bertz CT molecular complexity index is 830. The molecule has 4 aliphatic carbocycles. The topological polar surface area (TPSA) is 132 Å².